The predicted molar refractivity (Wildman–Crippen MR) is 95.5 cm³/mol. The van der Waals surface area contributed by atoms with Crippen LogP contribution >= 0.6 is 0 Å². The molecular formula is C20H17NO5. The second-order valence-corrected chi connectivity index (χ2v) is 6.01. The van der Waals surface area contributed by atoms with Gasteiger partial charge in [-0.3, -0.25) is 0 Å². The molecule has 132 valence electrons. The van der Waals surface area contributed by atoms with Gasteiger partial charge in [0.15, 0.2) is 11.7 Å². The van der Waals surface area contributed by atoms with Crippen LogP contribution in [0.2, 0.25) is 0 Å². The Kier molecular flexibility index (Phi) is 4.34. The van der Waals surface area contributed by atoms with E-state index in [-0.39, 0.29) is 11.1 Å². The number of nitrogens with zero attached hydrogens (tertiary/aromatic N) is 1. The van der Waals surface area contributed by atoms with Crippen LogP contribution in [-0.4, -0.2) is 27.1 Å². The Labute approximate surface area is 149 Å². The first-order valence-electron chi connectivity index (χ1n) is 7.94. The van der Waals surface area contributed by atoms with Gasteiger partial charge in [-0.2, -0.15) is 0 Å². The van der Waals surface area contributed by atoms with Gasteiger partial charge in [-0.25, -0.2) is 14.6 Å². The third-order valence-corrected chi connectivity index (χ3v) is 4.40. The summed E-state index contributed by atoms with van der Waals surface area (Å²) in [4.78, 5) is 26.8. The first-order chi connectivity index (χ1) is 12.3. The smallest absolute Gasteiger partial charge is 0.335 e. The molecule has 26 heavy (non-hydrogen) atoms. The zero-order valence-electron chi connectivity index (χ0n) is 14.5. The lowest BCUT2D eigenvalue weighted by Gasteiger charge is -2.10. The third kappa shape index (κ3) is 2.97. The average Bonchev–Trinajstić information content (AvgIpc) is 2.98. The Morgan fingerprint density at radius 2 is 1.54 bits per heavy atom. The summed E-state index contributed by atoms with van der Waals surface area (Å²) in [5.41, 5.74) is 3.96. The molecule has 0 radical (unpaired) electrons. The van der Waals surface area contributed by atoms with Crippen molar-refractivity contribution in [2.75, 3.05) is 0 Å². The Balaban J connectivity index is 2.15. The number of aromatic nitrogens is 1. The van der Waals surface area contributed by atoms with Crippen LogP contribution in [0, 0.1) is 20.8 Å². The number of carboxylic acid groups (broad SMARTS) is 2. The van der Waals surface area contributed by atoms with Crippen molar-refractivity contribution in [3.05, 3.63) is 64.5 Å². The Hall–Kier alpha value is -3.41. The number of aromatic carboxylic acids is 2. The van der Waals surface area contributed by atoms with Crippen LogP contribution in [0.25, 0.3) is 22.6 Å². The van der Waals surface area contributed by atoms with Crippen LogP contribution < -0.4 is 0 Å². The molecule has 0 atom stereocenters. The van der Waals surface area contributed by atoms with Crippen LogP contribution in [0.3, 0.4) is 0 Å². The summed E-state index contributed by atoms with van der Waals surface area (Å²) in [5, 5.41) is 18.3. The van der Waals surface area contributed by atoms with E-state index in [0.29, 0.717) is 22.9 Å². The second-order valence-electron chi connectivity index (χ2n) is 6.01. The number of carboxylic acids is 2. The van der Waals surface area contributed by atoms with Gasteiger partial charge in [0.05, 0.1) is 11.1 Å². The molecule has 1 heterocycles. The van der Waals surface area contributed by atoms with Crippen molar-refractivity contribution in [3.63, 3.8) is 0 Å². The van der Waals surface area contributed by atoms with E-state index in [1.54, 1.807) is 38.1 Å². The van der Waals surface area contributed by atoms with Crippen molar-refractivity contribution >= 4 is 11.9 Å². The molecule has 2 N–H and O–H groups in total. The van der Waals surface area contributed by atoms with E-state index in [4.69, 9.17) is 9.52 Å². The highest BCUT2D eigenvalue weighted by atomic mass is 16.4. The van der Waals surface area contributed by atoms with Gasteiger partial charge in [-0.15, -0.1) is 0 Å². The van der Waals surface area contributed by atoms with Gasteiger partial charge in [0.1, 0.15) is 5.69 Å². The van der Waals surface area contributed by atoms with Gasteiger partial charge in [0.25, 0.3) is 0 Å². The molecule has 3 rings (SSSR count). The summed E-state index contributed by atoms with van der Waals surface area (Å²) in [5.74, 6) is -0.973. The fourth-order valence-electron chi connectivity index (χ4n) is 2.87. The van der Waals surface area contributed by atoms with Gasteiger partial charge in [-0.05, 0) is 43.2 Å². The molecule has 0 aliphatic heterocycles. The number of hydrogen-bond acceptors (Lipinski definition) is 4. The van der Waals surface area contributed by atoms with Gasteiger partial charge < -0.3 is 14.6 Å². The highest BCUT2D eigenvalue weighted by molar-refractivity contribution is 5.92. The summed E-state index contributed by atoms with van der Waals surface area (Å²) >= 11 is 0. The van der Waals surface area contributed by atoms with E-state index in [1.165, 1.54) is 12.1 Å². The number of carbonyl (C=O) groups is 2. The van der Waals surface area contributed by atoms with E-state index in [0.717, 1.165) is 16.7 Å². The zero-order chi connectivity index (χ0) is 19.0. The van der Waals surface area contributed by atoms with Crippen LogP contribution in [0.4, 0.5) is 0 Å². The maximum absolute atomic E-state index is 11.3. The normalized spacial score (nSPS) is 10.7. The number of hydrogen-bond donors (Lipinski definition) is 2. The lowest BCUT2D eigenvalue weighted by Crippen LogP contribution is -2.02. The summed E-state index contributed by atoms with van der Waals surface area (Å²) < 4.78 is 5.79. The molecule has 0 fully saturated rings. The van der Waals surface area contributed by atoms with Crippen molar-refractivity contribution in [3.8, 4) is 22.6 Å². The molecule has 0 amide bonds. The third-order valence-electron chi connectivity index (χ3n) is 4.40. The van der Waals surface area contributed by atoms with E-state index in [1.807, 2.05) is 6.92 Å². The first-order valence-corrected chi connectivity index (χ1v) is 7.94. The molecule has 6 nitrogen and oxygen atoms in total. The molecule has 0 unspecified atom stereocenters. The van der Waals surface area contributed by atoms with E-state index < -0.39 is 11.9 Å². The van der Waals surface area contributed by atoms with Crippen molar-refractivity contribution in [1.29, 1.82) is 0 Å². The molecular weight excluding hydrogens is 334 g/mol. The number of aryl methyl sites for hydroxylation is 1. The van der Waals surface area contributed by atoms with Crippen LogP contribution in [0.1, 0.15) is 37.7 Å². The van der Waals surface area contributed by atoms with Crippen LogP contribution in [-0.2, 0) is 0 Å². The Bertz CT molecular complexity index is 1020. The van der Waals surface area contributed by atoms with Gasteiger partial charge in [-0.1, -0.05) is 18.2 Å². The quantitative estimate of drug-likeness (QED) is 0.725. The van der Waals surface area contributed by atoms with Crippen molar-refractivity contribution < 1.29 is 24.2 Å². The highest BCUT2D eigenvalue weighted by Crippen LogP contribution is 2.36. The zero-order valence-corrected chi connectivity index (χ0v) is 14.5. The minimum atomic E-state index is -0.996. The minimum Gasteiger partial charge on any atom is -0.478 e. The monoisotopic (exact) mass is 351 g/mol. The number of benzene rings is 2. The lowest BCUT2D eigenvalue weighted by molar-refractivity contribution is 0.0685. The van der Waals surface area contributed by atoms with Gasteiger partial charge in [0.2, 0.25) is 0 Å². The van der Waals surface area contributed by atoms with Crippen molar-refractivity contribution in [2.45, 2.75) is 20.8 Å². The lowest BCUT2D eigenvalue weighted by atomic mass is 9.95. The van der Waals surface area contributed by atoms with Gasteiger partial charge >= 0.3 is 11.9 Å². The van der Waals surface area contributed by atoms with E-state index >= 15 is 0 Å². The van der Waals surface area contributed by atoms with Crippen molar-refractivity contribution in [1.82, 2.24) is 4.98 Å². The molecule has 2 aromatic carbocycles. The molecule has 0 aliphatic carbocycles. The summed E-state index contributed by atoms with van der Waals surface area (Å²) in [6.45, 7) is 5.32. The Morgan fingerprint density at radius 3 is 2.12 bits per heavy atom. The standard InChI is InChI=1S/C20H17NO5/c1-10-11(2)16(20(24)25)9-8-15(10)18-17(21-12(3)26-18)13-4-6-14(7-5-13)19(22)23/h4-9H,1-3H3,(H,22,23)(H,24,25). The topological polar surface area (TPSA) is 101 Å². The van der Waals surface area contributed by atoms with E-state index in [9.17, 15) is 14.7 Å². The van der Waals surface area contributed by atoms with Gasteiger partial charge in [0, 0.05) is 18.1 Å². The molecule has 0 saturated heterocycles. The summed E-state index contributed by atoms with van der Waals surface area (Å²) in [6, 6.07) is 9.64. The highest BCUT2D eigenvalue weighted by Gasteiger charge is 2.20. The molecule has 0 saturated carbocycles. The largest absolute Gasteiger partial charge is 0.478 e. The van der Waals surface area contributed by atoms with Crippen molar-refractivity contribution in [2.24, 2.45) is 0 Å². The van der Waals surface area contributed by atoms with Crippen LogP contribution in [0.15, 0.2) is 40.8 Å². The summed E-state index contributed by atoms with van der Waals surface area (Å²) in [6.07, 6.45) is 0. The SMILES string of the molecule is Cc1nc(-c2ccc(C(=O)O)cc2)c(-c2ccc(C(=O)O)c(C)c2C)o1. The van der Waals surface area contributed by atoms with Crippen LogP contribution in [0.5, 0.6) is 0 Å². The predicted octanol–water partition coefficient (Wildman–Crippen LogP) is 4.33. The molecule has 0 aliphatic rings. The molecule has 3 aromatic rings. The fraction of sp³-hybridized carbons (Fsp3) is 0.150. The minimum absolute atomic E-state index is 0.188. The second kappa shape index (κ2) is 6.48. The average molecular weight is 351 g/mol. The fourth-order valence-corrected chi connectivity index (χ4v) is 2.87. The molecule has 1 aromatic heterocycles. The maximum atomic E-state index is 11.3. The molecule has 6 heteroatoms. The first kappa shape index (κ1) is 17.4. The molecule has 0 spiro atoms. The van der Waals surface area contributed by atoms with E-state index in [2.05, 4.69) is 4.98 Å². The number of oxazole rings is 1. The Morgan fingerprint density at radius 1 is 0.885 bits per heavy atom. The maximum Gasteiger partial charge on any atom is 0.335 e. The number of rotatable bonds is 4. The summed E-state index contributed by atoms with van der Waals surface area (Å²) in [7, 11) is 0. The molecule has 0 bridgehead atoms.